The highest BCUT2D eigenvalue weighted by molar-refractivity contribution is 5.73. The number of aliphatic hydroxyl groups excluding tert-OH is 4. The first-order chi connectivity index (χ1) is 19.8. The zero-order chi connectivity index (χ0) is 31.4. The topological polar surface area (TPSA) is 154 Å². The molecule has 1 aliphatic rings. The van der Waals surface area contributed by atoms with Crippen LogP contribution in [0.2, 0.25) is 0 Å². The Balaban J connectivity index is 2.14. The predicted molar refractivity (Wildman–Crippen MR) is 146 cm³/mol. The fourth-order valence-electron chi connectivity index (χ4n) is 4.87. The second kappa shape index (κ2) is 16.6. The van der Waals surface area contributed by atoms with Gasteiger partial charge in [0.15, 0.2) is 6.10 Å². The molecule has 42 heavy (non-hydrogen) atoms. The van der Waals surface area contributed by atoms with Gasteiger partial charge >= 0.3 is 18.1 Å². The van der Waals surface area contributed by atoms with Gasteiger partial charge in [0.05, 0.1) is 36.9 Å². The lowest BCUT2D eigenvalue weighted by molar-refractivity contribution is -0.156. The number of allylic oxidation sites excluding steroid dienone is 2. The molecule has 0 radical (unpaired) electrons. The Morgan fingerprint density at radius 1 is 1.10 bits per heavy atom. The van der Waals surface area contributed by atoms with Gasteiger partial charge < -0.3 is 35.0 Å². The predicted octanol–water partition coefficient (Wildman–Crippen LogP) is 3.59. The zero-order valence-corrected chi connectivity index (χ0v) is 23.7. The van der Waals surface area contributed by atoms with Crippen LogP contribution < -0.4 is 4.74 Å². The van der Waals surface area contributed by atoms with Gasteiger partial charge in [-0.3, -0.25) is 9.59 Å². The number of carbonyl (C=O) groups excluding carboxylic acids is 1. The molecule has 0 amide bonds. The van der Waals surface area contributed by atoms with Gasteiger partial charge in [-0.05, 0) is 55.4 Å². The summed E-state index contributed by atoms with van der Waals surface area (Å²) in [6.07, 6.45) is 0.605. The SMILES string of the molecule is CC(C)C(CCC=CC[C@@H]1[C@H](C=C[C@H](COc2cccc(C(F)(F)F)c2)OC(=O)C(CO)CO)[C@H](O)C[C@H]1O)C(=O)O. The highest BCUT2D eigenvalue weighted by Gasteiger charge is 2.39. The standard InChI is InChI=1S/C30H41F3O9/c1-18(2)23(28(38)39)9-4-3-5-10-24-25(27(37)14-26(24)36)12-11-22(42-29(40)19(15-34)16-35)17-41-21-8-6-7-20(13-21)30(31,32)33/h3,5-8,11-13,18-19,22-27,34-37H,4,9-10,14-17H2,1-2H3,(H,38,39)/t22-,23?,24-,25+,26-,27-/m1/s1. The number of benzene rings is 1. The quantitative estimate of drug-likeness (QED) is 0.141. The number of esters is 1. The number of aliphatic carboxylic acids is 1. The summed E-state index contributed by atoms with van der Waals surface area (Å²) in [5, 5.41) is 49.1. The van der Waals surface area contributed by atoms with E-state index in [9.17, 15) is 48.3 Å². The number of carboxylic acid groups (broad SMARTS) is 1. The van der Waals surface area contributed by atoms with Crippen LogP contribution in [-0.4, -0.2) is 75.6 Å². The molecule has 1 aliphatic carbocycles. The van der Waals surface area contributed by atoms with Crippen molar-refractivity contribution in [3.05, 3.63) is 54.1 Å². The maximum atomic E-state index is 13.1. The fraction of sp³-hybridized carbons (Fsp3) is 0.600. The molecule has 1 saturated carbocycles. The van der Waals surface area contributed by atoms with Crippen molar-refractivity contribution in [2.45, 2.75) is 64.0 Å². The third kappa shape index (κ3) is 10.7. The summed E-state index contributed by atoms with van der Waals surface area (Å²) in [4.78, 5) is 23.8. The molecular formula is C30H41F3O9. The molecule has 1 fully saturated rings. The lowest BCUT2D eigenvalue weighted by atomic mass is 9.89. The number of carbonyl (C=O) groups is 2. The molecule has 6 atom stereocenters. The van der Waals surface area contributed by atoms with Crippen molar-refractivity contribution in [2.24, 2.45) is 29.6 Å². The summed E-state index contributed by atoms with van der Waals surface area (Å²) >= 11 is 0. The lowest BCUT2D eigenvalue weighted by Gasteiger charge is -2.22. The third-order valence-corrected chi connectivity index (χ3v) is 7.42. The Kier molecular flexibility index (Phi) is 14.0. The van der Waals surface area contributed by atoms with Crippen LogP contribution in [0.5, 0.6) is 5.75 Å². The highest BCUT2D eigenvalue weighted by atomic mass is 19.4. The van der Waals surface area contributed by atoms with Crippen molar-refractivity contribution in [1.82, 2.24) is 0 Å². The summed E-state index contributed by atoms with van der Waals surface area (Å²) in [6, 6.07) is 4.16. The van der Waals surface area contributed by atoms with Crippen LogP contribution in [0.1, 0.15) is 45.1 Å². The second-order valence-electron chi connectivity index (χ2n) is 10.8. The smallest absolute Gasteiger partial charge is 0.416 e. The Morgan fingerprint density at radius 2 is 1.79 bits per heavy atom. The maximum absolute atomic E-state index is 13.1. The van der Waals surface area contributed by atoms with Crippen LogP contribution in [-0.2, 0) is 20.5 Å². The van der Waals surface area contributed by atoms with Crippen molar-refractivity contribution >= 4 is 11.9 Å². The zero-order valence-electron chi connectivity index (χ0n) is 23.7. The van der Waals surface area contributed by atoms with Gasteiger partial charge in [0.2, 0.25) is 0 Å². The van der Waals surface area contributed by atoms with Gasteiger partial charge in [0, 0.05) is 12.3 Å². The summed E-state index contributed by atoms with van der Waals surface area (Å²) in [6.45, 7) is 1.92. The summed E-state index contributed by atoms with van der Waals surface area (Å²) in [5.41, 5.74) is -0.925. The second-order valence-corrected chi connectivity index (χ2v) is 10.8. The Morgan fingerprint density at radius 3 is 2.38 bits per heavy atom. The first-order valence-electron chi connectivity index (χ1n) is 13.9. The largest absolute Gasteiger partial charge is 0.489 e. The maximum Gasteiger partial charge on any atom is 0.416 e. The number of ether oxygens (including phenoxy) is 2. The van der Waals surface area contributed by atoms with Crippen molar-refractivity contribution in [1.29, 1.82) is 0 Å². The number of hydrogen-bond donors (Lipinski definition) is 5. The first-order valence-corrected chi connectivity index (χ1v) is 13.9. The molecule has 5 N–H and O–H groups in total. The van der Waals surface area contributed by atoms with Gasteiger partial charge in [0.25, 0.3) is 0 Å². The van der Waals surface area contributed by atoms with Crippen LogP contribution in [0.15, 0.2) is 48.6 Å². The van der Waals surface area contributed by atoms with Gasteiger partial charge in [-0.15, -0.1) is 0 Å². The molecule has 2 rings (SSSR count). The number of alkyl halides is 3. The minimum absolute atomic E-state index is 0.0122. The lowest BCUT2D eigenvalue weighted by Crippen LogP contribution is -2.31. The van der Waals surface area contributed by atoms with Crippen LogP contribution in [0.4, 0.5) is 13.2 Å². The van der Waals surface area contributed by atoms with E-state index in [0.29, 0.717) is 19.3 Å². The Hall–Kier alpha value is -2.93. The molecule has 0 heterocycles. The highest BCUT2D eigenvalue weighted by Crippen LogP contribution is 2.37. The van der Waals surface area contributed by atoms with E-state index in [2.05, 4.69) is 0 Å². The van der Waals surface area contributed by atoms with Crippen molar-refractivity contribution in [3.63, 3.8) is 0 Å². The van der Waals surface area contributed by atoms with E-state index >= 15 is 0 Å². The van der Waals surface area contributed by atoms with Crippen LogP contribution in [0, 0.1) is 29.6 Å². The van der Waals surface area contributed by atoms with E-state index in [-0.39, 0.29) is 18.1 Å². The van der Waals surface area contributed by atoms with Gasteiger partial charge in [-0.2, -0.15) is 13.2 Å². The molecule has 1 aromatic rings. The number of rotatable bonds is 16. The fourth-order valence-corrected chi connectivity index (χ4v) is 4.87. The van der Waals surface area contributed by atoms with Crippen molar-refractivity contribution in [3.8, 4) is 5.75 Å². The van der Waals surface area contributed by atoms with E-state index in [0.717, 1.165) is 12.1 Å². The van der Waals surface area contributed by atoms with Crippen LogP contribution in [0.25, 0.3) is 0 Å². The first kappa shape index (κ1) is 35.3. The number of carboxylic acids is 1. The van der Waals surface area contributed by atoms with Crippen molar-refractivity contribution < 1.29 is 57.8 Å². The van der Waals surface area contributed by atoms with E-state index in [1.165, 1.54) is 18.2 Å². The van der Waals surface area contributed by atoms with Crippen LogP contribution in [0.3, 0.4) is 0 Å². The van der Waals surface area contributed by atoms with Crippen molar-refractivity contribution in [2.75, 3.05) is 19.8 Å². The molecule has 0 aliphatic heterocycles. The summed E-state index contributed by atoms with van der Waals surface area (Å²) < 4.78 is 50.0. The van der Waals surface area contributed by atoms with Crippen LogP contribution >= 0.6 is 0 Å². The average molecular weight is 603 g/mol. The van der Waals surface area contributed by atoms with E-state index in [1.807, 2.05) is 26.0 Å². The minimum Gasteiger partial charge on any atom is -0.489 e. The van der Waals surface area contributed by atoms with E-state index in [1.54, 1.807) is 6.08 Å². The molecule has 236 valence electrons. The molecular weight excluding hydrogens is 561 g/mol. The van der Waals surface area contributed by atoms with Gasteiger partial charge in [-0.25, -0.2) is 0 Å². The van der Waals surface area contributed by atoms with Gasteiger partial charge in [-0.1, -0.05) is 38.1 Å². The molecule has 0 saturated heterocycles. The molecule has 1 aromatic carbocycles. The summed E-state index contributed by atoms with van der Waals surface area (Å²) in [7, 11) is 0. The molecule has 0 aromatic heterocycles. The molecule has 9 nitrogen and oxygen atoms in total. The Bertz CT molecular complexity index is 1050. The average Bonchev–Trinajstić information content (AvgIpc) is 3.19. The van der Waals surface area contributed by atoms with E-state index < -0.39 is 85.5 Å². The normalized spacial score (nSPS) is 22.7. The Labute approximate surface area is 243 Å². The number of aliphatic hydroxyl groups is 4. The van der Waals surface area contributed by atoms with Gasteiger partial charge in [0.1, 0.15) is 18.3 Å². The monoisotopic (exact) mass is 602 g/mol. The molecule has 0 bridgehead atoms. The number of halogens is 3. The molecule has 1 unspecified atom stereocenters. The minimum atomic E-state index is -4.59. The number of hydrogen-bond acceptors (Lipinski definition) is 8. The third-order valence-electron chi connectivity index (χ3n) is 7.42. The molecule has 12 heteroatoms. The van der Waals surface area contributed by atoms with E-state index in [4.69, 9.17) is 9.47 Å². The summed E-state index contributed by atoms with van der Waals surface area (Å²) in [5.74, 6) is -4.61. The molecule has 0 spiro atoms.